The maximum Gasteiger partial charge on any atom is 0.326 e. The molecular weight excluding hydrogens is 745 g/mol. The van der Waals surface area contributed by atoms with Gasteiger partial charge in [0.25, 0.3) is 5.91 Å². The minimum Gasteiger partial charge on any atom is -0.495 e. The van der Waals surface area contributed by atoms with Crippen molar-refractivity contribution >= 4 is 65.0 Å². The number of aliphatic carboxylic acids is 2. The molecule has 3 aromatic carbocycles. The molecule has 278 valence electrons. The summed E-state index contributed by atoms with van der Waals surface area (Å²) in [4.78, 5) is 49.8. The second-order valence-electron chi connectivity index (χ2n) is 13.4. The fourth-order valence-corrected chi connectivity index (χ4v) is 6.81. The van der Waals surface area contributed by atoms with E-state index in [0.29, 0.717) is 0 Å². The first-order valence-electron chi connectivity index (χ1n) is 15.7. The smallest absolute Gasteiger partial charge is 0.326 e. The topological polar surface area (TPSA) is 178 Å². The van der Waals surface area contributed by atoms with Gasteiger partial charge in [-0.3, -0.25) is 14.4 Å². The third-order valence-corrected chi connectivity index (χ3v) is 9.23. The Morgan fingerprint density at radius 2 is 1.77 bits per heavy atom. The number of methoxy groups -OCH3 is 1. The van der Waals surface area contributed by atoms with Gasteiger partial charge in [-0.25, -0.2) is 13.6 Å². The predicted octanol–water partition coefficient (Wildman–Crippen LogP) is 6.71. The summed E-state index contributed by atoms with van der Waals surface area (Å²) < 4.78 is 37.3. The third-order valence-electron chi connectivity index (χ3n) is 8.70. The molecule has 0 bridgehead atoms. The summed E-state index contributed by atoms with van der Waals surface area (Å²) in [5.74, 6) is -7.30. The maximum absolute atomic E-state index is 16.0. The van der Waals surface area contributed by atoms with Crippen LogP contribution in [0.15, 0.2) is 54.6 Å². The lowest BCUT2D eigenvalue weighted by Crippen LogP contribution is -2.45. The van der Waals surface area contributed by atoms with Crippen LogP contribution in [0.1, 0.15) is 67.4 Å². The number of nitriles is 1. The maximum atomic E-state index is 16.0. The monoisotopic (exact) mass is 780 g/mol. The van der Waals surface area contributed by atoms with Crippen LogP contribution >= 0.6 is 35.6 Å². The van der Waals surface area contributed by atoms with Crippen molar-refractivity contribution in [2.24, 2.45) is 5.41 Å². The van der Waals surface area contributed by atoms with Gasteiger partial charge in [0.2, 0.25) is 5.91 Å². The molecule has 0 spiro atoms. The van der Waals surface area contributed by atoms with Crippen molar-refractivity contribution in [2.45, 2.75) is 69.5 Å². The van der Waals surface area contributed by atoms with Crippen LogP contribution in [0, 0.1) is 28.4 Å². The zero-order valence-corrected chi connectivity index (χ0v) is 30.8. The number of nitrogens with zero attached hydrogens (tertiary/aromatic N) is 1. The molecule has 4 rings (SSSR count). The van der Waals surface area contributed by atoms with Gasteiger partial charge in [-0.2, -0.15) is 5.26 Å². The molecule has 0 aromatic heterocycles. The number of benzene rings is 3. The summed E-state index contributed by atoms with van der Waals surface area (Å²) in [6.45, 7) is 5.72. The molecule has 1 aliphatic rings. The van der Waals surface area contributed by atoms with E-state index >= 15 is 8.78 Å². The van der Waals surface area contributed by atoms with Crippen molar-refractivity contribution in [3.63, 3.8) is 0 Å². The van der Waals surface area contributed by atoms with E-state index in [1.165, 1.54) is 55.6 Å². The van der Waals surface area contributed by atoms with Crippen LogP contribution in [-0.4, -0.2) is 59.2 Å². The van der Waals surface area contributed by atoms with E-state index in [-0.39, 0.29) is 63.4 Å². The van der Waals surface area contributed by atoms with Crippen molar-refractivity contribution in [1.82, 2.24) is 10.6 Å². The van der Waals surface area contributed by atoms with Crippen LogP contribution in [0.3, 0.4) is 0 Å². The Labute approximate surface area is 315 Å². The van der Waals surface area contributed by atoms with Crippen LogP contribution in [0.2, 0.25) is 10.0 Å². The van der Waals surface area contributed by atoms with Crippen LogP contribution in [0.5, 0.6) is 5.75 Å². The summed E-state index contributed by atoms with van der Waals surface area (Å²) in [5, 5.41) is 37.4. The van der Waals surface area contributed by atoms with Crippen LogP contribution in [0.25, 0.3) is 0 Å². The highest BCUT2D eigenvalue weighted by atomic mass is 35.5. The summed E-state index contributed by atoms with van der Waals surface area (Å²) in [6.07, 6.45) is -0.595. The number of rotatable bonds is 12. The molecule has 0 unspecified atom stereocenters. The molecule has 2 amide bonds. The summed E-state index contributed by atoms with van der Waals surface area (Å²) in [6, 6.07) is 10.4. The molecule has 3 aromatic rings. The Bertz CT molecular complexity index is 1900. The van der Waals surface area contributed by atoms with Crippen LogP contribution < -0.4 is 20.7 Å². The quantitative estimate of drug-likeness (QED) is 0.134. The van der Waals surface area contributed by atoms with Gasteiger partial charge < -0.3 is 30.9 Å². The molecule has 1 fully saturated rings. The Morgan fingerprint density at radius 1 is 1.08 bits per heavy atom. The number of anilines is 1. The highest BCUT2D eigenvalue weighted by Crippen LogP contribution is 2.53. The second-order valence-corrected chi connectivity index (χ2v) is 14.2. The average Bonchev–Trinajstić information content (AvgIpc) is 3.36. The van der Waals surface area contributed by atoms with Crippen molar-refractivity contribution < 1.29 is 42.9 Å². The van der Waals surface area contributed by atoms with E-state index in [0.717, 1.165) is 6.07 Å². The standard InChI is InChI=1S/C36H36Cl2F2N4O7.ClH/c1-35(2,3)16-27-36(17-41,21-10-9-19(37)15-23(21)39)29(20-6-5-7-22(38)30(20)40)31(44-27)33(48)42-24-11-8-18(14-26(24)51-4)32(47)43-25(34(49)50)12-13-28(45)46;/h5-11,14-15,25,27,29,31,44H,12-13,16H2,1-4H3,(H,42,48)(H,43,47)(H,45,46)(H,49,50);1H/t25-,27+,29+,31-,36+;/m1./s1. The van der Waals surface area contributed by atoms with Gasteiger partial charge in [-0.15, -0.1) is 12.4 Å². The predicted molar refractivity (Wildman–Crippen MR) is 192 cm³/mol. The molecule has 1 saturated heterocycles. The van der Waals surface area contributed by atoms with Crippen molar-refractivity contribution in [3.8, 4) is 11.8 Å². The molecular formula is C36H37Cl3F2N4O7. The van der Waals surface area contributed by atoms with Crippen molar-refractivity contribution in [1.29, 1.82) is 5.26 Å². The highest BCUT2D eigenvalue weighted by molar-refractivity contribution is 6.31. The Hall–Kier alpha value is -4.48. The molecule has 1 aliphatic heterocycles. The highest BCUT2D eigenvalue weighted by Gasteiger charge is 2.61. The molecule has 1 heterocycles. The van der Waals surface area contributed by atoms with E-state index in [1.807, 2.05) is 20.8 Å². The lowest BCUT2D eigenvalue weighted by Gasteiger charge is -2.37. The van der Waals surface area contributed by atoms with Crippen molar-refractivity contribution in [2.75, 3.05) is 12.4 Å². The van der Waals surface area contributed by atoms with Crippen LogP contribution in [0.4, 0.5) is 14.5 Å². The van der Waals surface area contributed by atoms with E-state index in [2.05, 4.69) is 22.0 Å². The fraction of sp³-hybridized carbons (Fsp3) is 0.361. The molecule has 11 nitrogen and oxygen atoms in total. The zero-order chi connectivity index (χ0) is 37.8. The van der Waals surface area contributed by atoms with Gasteiger partial charge in [0.05, 0.1) is 29.9 Å². The molecule has 0 saturated carbocycles. The van der Waals surface area contributed by atoms with E-state index in [9.17, 15) is 29.5 Å². The van der Waals surface area contributed by atoms with Gasteiger partial charge in [0.15, 0.2) is 0 Å². The first-order valence-corrected chi connectivity index (χ1v) is 16.5. The number of amides is 2. The molecule has 5 N–H and O–H groups in total. The average molecular weight is 782 g/mol. The summed E-state index contributed by atoms with van der Waals surface area (Å²) >= 11 is 12.3. The second kappa shape index (κ2) is 16.9. The van der Waals surface area contributed by atoms with Crippen molar-refractivity contribution in [3.05, 3.63) is 93.0 Å². The molecule has 52 heavy (non-hydrogen) atoms. The minimum atomic E-state index is -1.86. The normalized spacial score (nSPS) is 20.2. The number of ether oxygens (including phenoxy) is 1. The fourth-order valence-electron chi connectivity index (χ4n) is 6.47. The minimum absolute atomic E-state index is 0. The Morgan fingerprint density at radius 3 is 2.35 bits per heavy atom. The largest absolute Gasteiger partial charge is 0.495 e. The third kappa shape index (κ3) is 8.93. The first kappa shape index (κ1) is 41.9. The lowest BCUT2D eigenvalue weighted by atomic mass is 9.62. The number of carboxylic acid groups (broad SMARTS) is 2. The molecule has 16 heteroatoms. The molecule has 5 atom stereocenters. The van der Waals surface area contributed by atoms with Crippen LogP contribution in [-0.2, 0) is 19.8 Å². The van der Waals surface area contributed by atoms with Gasteiger partial charge in [-0.05, 0) is 60.2 Å². The number of hydrogen-bond acceptors (Lipinski definition) is 7. The number of carboxylic acids is 2. The zero-order valence-electron chi connectivity index (χ0n) is 28.4. The van der Waals surface area contributed by atoms with E-state index in [1.54, 1.807) is 0 Å². The van der Waals surface area contributed by atoms with Gasteiger partial charge in [0.1, 0.15) is 28.8 Å². The summed E-state index contributed by atoms with van der Waals surface area (Å²) in [5.41, 5.74) is -2.51. The first-order chi connectivity index (χ1) is 23.9. The van der Waals surface area contributed by atoms with Gasteiger partial charge in [-0.1, -0.05) is 62.2 Å². The Balaban J connectivity index is 0.00000729. The number of carbonyl (C=O) groups is 4. The Kier molecular flexibility index (Phi) is 13.6. The molecule has 0 aliphatic carbocycles. The summed E-state index contributed by atoms with van der Waals surface area (Å²) in [7, 11) is 1.26. The number of nitrogens with one attached hydrogen (secondary N) is 3. The number of halogens is 5. The van der Waals surface area contributed by atoms with E-state index < -0.39 is 76.7 Å². The number of carbonyl (C=O) groups excluding carboxylic acids is 2. The molecule has 0 radical (unpaired) electrons. The lowest BCUT2D eigenvalue weighted by molar-refractivity contribution is -0.140. The SMILES string of the molecule is COc1cc(C(=O)N[C@H](CCC(=O)O)C(=O)O)ccc1NC(=O)[C@@H]1N[C@@H](CC(C)(C)C)[C@](C#N)(c2ccc(Cl)cc2F)[C@H]1c1cccc(Cl)c1F.Cl. The van der Waals surface area contributed by atoms with E-state index in [4.69, 9.17) is 33.0 Å². The van der Waals surface area contributed by atoms with Gasteiger partial charge >= 0.3 is 11.9 Å². The van der Waals surface area contributed by atoms with Gasteiger partial charge in [0, 0.05) is 34.5 Å². The number of hydrogen-bond donors (Lipinski definition) is 5.